The number of hydrogen-bond donors (Lipinski definition) is 1. The second kappa shape index (κ2) is 8.97. The molecular weight excluding hydrogens is 434 g/mol. The highest BCUT2D eigenvalue weighted by atomic mass is 16.5. The minimum absolute atomic E-state index is 0.242. The van der Waals surface area contributed by atoms with Gasteiger partial charge in [-0.15, -0.1) is 15.3 Å². The van der Waals surface area contributed by atoms with Gasteiger partial charge in [0.2, 0.25) is 5.88 Å². The SMILES string of the molecule is COc1ccc(Cn2cc(C(=O)Nc3cccc(-c4nnc5n4[C@@H](C)CC5)n3)c(OC)n2)cc1. The monoisotopic (exact) mass is 459 g/mol. The minimum Gasteiger partial charge on any atom is -0.497 e. The van der Waals surface area contributed by atoms with Gasteiger partial charge in [-0.3, -0.25) is 9.48 Å². The van der Waals surface area contributed by atoms with Crippen molar-refractivity contribution in [1.82, 2.24) is 29.5 Å². The van der Waals surface area contributed by atoms with E-state index in [0.717, 1.165) is 30.0 Å². The van der Waals surface area contributed by atoms with E-state index >= 15 is 0 Å². The zero-order chi connectivity index (χ0) is 23.7. The van der Waals surface area contributed by atoms with Gasteiger partial charge in [-0.2, -0.15) is 0 Å². The third-order valence-electron chi connectivity index (χ3n) is 5.88. The Morgan fingerprint density at radius 1 is 1.12 bits per heavy atom. The van der Waals surface area contributed by atoms with Crippen molar-refractivity contribution in [3.8, 4) is 23.1 Å². The number of ether oxygens (including phenoxy) is 2. The average molecular weight is 460 g/mol. The van der Waals surface area contributed by atoms with Crippen molar-refractivity contribution in [2.24, 2.45) is 0 Å². The predicted molar refractivity (Wildman–Crippen MR) is 125 cm³/mol. The van der Waals surface area contributed by atoms with Gasteiger partial charge in [-0.05, 0) is 43.2 Å². The highest BCUT2D eigenvalue weighted by Gasteiger charge is 2.25. The second-order valence-corrected chi connectivity index (χ2v) is 8.16. The van der Waals surface area contributed by atoms with Crippen LogP contribution < -0.4 is 14.8 Å². The molecule has 1 aliphatic rings. The van der Waals surface area contributed by atoms with Crippen molar-refractivity contribution in [2.75, 3.05) is 19.5 Å². The van der Waals surface area contributed by atoms with Crippen LogP contribution >= 0.6 is 0 Å². The lowest BCUT2D eigenvalue weighted by molar-refractivity contribution is 0.102. The largest absolute Gasteiger partial charge is 0.497 e. The molecule has 1 aromatic carbocycles. The van der Waals surface area contributed by atoms with Gasteiger partial charge >= 0.3 is 0 Å². The summed E-state index contributed by atoms with van der Waals surface area (Å²) >= 11 is 0. The van der Waals surface area contributed by atoms with Crippen molar-refractivity contribution in [3.63, 3.8) is 0 Å². The molecule has 1 atom stereocenters. The van der Waals surface area contributed by atoms with E-state index in [1.165, 1.54) is 7.11 Å². The number of carbonyl (C=O) groups excluding carboxylic acids is 1. The molecule has 0 aliphatic carbocycles. The van der Waals surface area contributed by atoms with Crippen LogP contribution in [0.3, 0.4) is 0 Å². The molecule has 4 heterocycles. The summed E-state index contributed by atoms with van der Waals surface area (Å²) in [5.41, 5.74) is 2.00. The van der Waals surface area contributed by atoms with E-state index < -0.39 is 0 Å². The predicted octanol–water partition coefficient (Wildman–Crippen LogP) is 3.36. The number of hydrogen-bond acceptors (Lipinski definition) is 7. The fraction of sp³-hybridized carbons (Fsp3) is 0.292. The quantitative estimate of drug-likeness (QED) is 0.451. The lowest BCUT2D eigenvalue weighted by Gasteiger charge is -2.10. The first kappa shape index (κ1) is 21.6. The highest BCUT2D eigenvalue weighted by Crippen LogP contribution is 2.30. The van der Waals surface area contributed by atoms with Crippen LogP contribution in [-0.2, 0) is 13.0 Å². The van der Waals surface area contributed by atoms with Crippen molar-refractivity contribution in [3.05, 3.63) is 65.6 Å². The van der Waals surface area contributed by atoms with Gasteiger partial charge in [-0.1, -0.05) is 18.2 Å². The van der Waals surface area contributed by atoms with Gasteiger partial charge in [-0.25, -0.2) is 4.98 Å². The number of benzene rings is 1. The first-order chi connectivity index (χ1) is 16.6. The maximum Gasteiger partial charge on any atom is 0.263 e. The van der Waals surface area contributed by atoms with E-state index in [1.54, 1.807) is 24.1 Å². The smallest absolute Gasteiger partial charge is 0.263 e. The van der Waals surface area contributed by atoms with Crippen LogP contribution in [0.5, 0.6) is 11.6 Å². The first-order valence-electron chi connectivity index (χ1n) is 11.0. The van der Waals surface area contributed by atoms with E-state index in [-0.39, 0.29) is 11.8 Å². The Labute approximate surface area is 196 Å². The van der Waals surface area contributed by atoms with Crippen LogP contribution in [-0.4, -0.2) is 49.7 Å². The maximum absolute atomic E-state index is 13.0. The molecule has 0 spiro atoms. The van der Waals surface area contributed by atoms with E-state index in [1.807, 2.05) is 36.4 Å². The number of aryl methyl sites for hydroxylation is 1. The molecule has 10 nitrogen and oxygen atoms in total. The summed E-state index contributed by atoms with van der Waals surface area (Å²) in [4.78, 5) is 17.6. The molecule has 174 valence electrons. The van der Waals surface area contributed by atoms with Crippen LogP contribution in [0.1, 0.15) is 41.1 Å². The van der Waals surface area contributed by atoms with Crippen LogP contribution in [0, 0.1) is 0 Å². The Hall–Kier alpha value is -4.21. The molecule has 0 radical (unpaired) electrons. The summed E-state index contributed by atoms with van der Waals surface area (Å²) in [5, 5.41) is 15.8. The lowest BCUT2D eigenvalue weighted by Crippen LogP contribution is -2.14. The molecule has 0 saturated carbocycles. The molecule has 1 amide bonds. The summed E-state index contributed by atoms with van der Waals surface area (Å²) < 4.78 is 14.3. The Morgan fingerprint density at radius 2 is 1.94 bits per heavy atom. The first-order valence-corrected chi connectivity index (χ1v) is 11.0. The number of carbonyl (C=O) groups is 1. The van der Waals surface area contributed by atoms with Gasteiger partial charge < -0.3 is 19.4 Å². The number of pyridine rings is 1. The van der Waals surface area contributed by atoms with Crippen LogP contribution in [0.15, 0.2) is 48.7 Å². The number of aromatic nitrogens is 6. The zero-order valence-corrected chi connectivity index (χ0v) is 19.2. The number of nitrogens with one attached hydrogen (secondary N) is 1. The normalized spacial score (nSPS) is 14.6. The lowest BCUT2D eigenvalue weighted by atomic mass is 10.2. The van der Waals surface area contributed by atoms with Crippen molar-refractivity contribution < 1.29 is 14.3 Å². The van der Waals surface area contributed by atoms with E-state index in [0.29, 0.717) is 35.5 Å². The Balaban J connectivity index is 1.35. The number of anilines is 1. The minimum atomic E-state index is -0.359. The van der Waals surface area contributed by atoms with Crippen molar-refractivity contribution in [1.29, 1.82) is 0 Å². The maximum atomic E-state index is 13.0. The fourth-order valence-electron chi connectivity index (χ4n) is 4.12. The molecule has 1 N–H and O–H groups in total. The Kier molecular flexibility index (Phi) is 5.70. The van der Waals surface area contributed by atoms with Gasteiger partial charge in [0.25, 0.3) is 5.91 Å². The summed E-state index contributed by atoms with van der Waals surface area (Å²) in [6.45, 7) is 2.63. The Morgan fingerprint density at radius 3 is 2.71 bits per heavy atom. The molecule has 0 saturated heterocycles. The summed E-state index contributed by atoms with van der Waals surface area (Å²) in [6, 6.07) is 13.4. The van der Waals surface area contributed by atoms with Crippen LogP contribution in [0.25, 0.3) is 11.5 Å². The third kappa shape index (κ3) is 4.09. The number of rotatable bonds is 7. The second-order valence-electron chi connectivity index (χ2n) is 8.16. The molecule has 0 fully saturated rings. The standard InChI is InChI=1S/C24H25N7O3/c1-15-7-12-21-27-28-22(31(15)21)19-5-4-6-20(25-19)26-23(32)18-14-30(29-24(18)34-3)13-16-8-10-17(33-2)11-9-16/h4-6,8-11,14-15H,7,12-13H2,1-3H3,(H,25,26,32)/t15-/m0/s1. The molecule has 4 aromatic rings. The fourth-order valence-corrected chi connectivity index (χ4v) is 4.12. The molecule has 1 aliphatic heterocycles. The molecule has 0 bridgehead atoms. The van der Waals surface area contributed by atoms with Crippen molar-refractivity contribution in [2.45, 2.75) is 32.4 Å². The molecule has 34 heavy (non-hydrogen) atoms. The zero-order valence-electron chi connectivity index (χ0n) is 19.2. The van der Waals surface area contributed by atoms with Crippen LogP contribution in [0.2, 0.25) is 0 Å². The molecule has 0 unspecified atom stereocenters. The van der Waals surface area contributed by atoms with Crippen LogP contribution in [0.4, 0.5) is 5.82 Å². The number of nitrogens with zero attached hydrogens (tertiary/aromatic N) is 6. The summed E-state index contributed by atoms with van der Waals surface area (Å²) in [6.07, 6.45) is 3.61. The van der Waals surface area contributed by atoms with Gasteiger partial charge in [0.1, 0.15) is 28.6 Å². The number of amides is 1. The third-order valence-corrected chi connectivity index (χ3v) is 5.88. The molecule has 5 rings (SSSR count). The topological polar surface area (TPSA) is 109 Å². The van der Waals surface area contributed by atoms with Crippen molar-refractivity contribution >= 4 is 11.7 Å². The number of fused-ring (bicyclic) bond motifs is 1. The molecule has 10 heteroatoms. The summed E-state index contributed by atoms with van der Waals surface area (Å²) in [7, 11) is 3.12. The average Bonchev–Trinajstić information content (AvgIpc) is 3.56. The molecular formula is C24H25N7O3. The molecule has 3 aromatic heterocycles. The van der Waals surface area contributed by atoms with Gasteiger partial charge in [0, 0.05) is 18.7 Å². The number of methoxy groups -OCH3 is 2. The summed E-state index contributed by atoms with van der Waals surface area (Å²) in [5.74, 6) is 2.75. The van der Waals surface area contributed by atoms with Gasteiger partial charge in [0.05, 0.1) is 20.8 Å². The highest BCUT2D eigenvalue weighted by molar-refractivity contribution is 6.05. The Bertz CT molecular complexity index is 1330. The van der Waals surface area contributed by atoms with E-state index in [2.05, 4.69) is 37.1 Å². The van der Waals surface area contributed by atoms with Gasteiger partial charge in [0.15, 0.2) is 5.82 Å². The van der Waals surface area contributed by atoms with E-state index in [9.17, 15) is 4.79 Å². The van der Waals surface area contributed by atoms with E-state index in [4.69, 9.17) is 9.47 Å².